The van der Waals surface area contributed by atoms with Gasteiger partial charge in [-0.15, -0.1) is 5.10 Å². The van der Waals surface area contributed by atoms with Gasteiger partial charge in [-0.25, -0.2) is 4.98 Å². The summed E-state index contributed by atoms with van der Waals surface area (Å²) in [4.78, 5) is 15.2. The van der Waals surface area contributed by atoms with Gasteiger partial charge in [-0.2, -0.15) is 5.10 Å². The van der Waals surface area contributed by atoms with Crippen LogP contribution in [0, 0.1) is 5.92 Å². The lowest BCUT2D eigenvalue weighted by molar-refractivity contribution is -0.141. The fourth-order valence-corrected chi connectivity index (χ4v) is 2.15. The number of rotatable bonds is 9. The van der Waals surface area contributed by atoms with Crippen LogP contribution in [0.1, 0.15) is 58.3 Å². The summed E-state index contributed by atoms with van der Waals surface area (Å²) in [6.45, 7) is 7.90. The average molecular weight is 294 g/mol. The number of hydrogen-bond donors (Lipinski definition) is 2. The number of nitrogens with zero attached hydrogens (tertiary/aromatic N) is 3. The number of nitrogens with one attached hydrogen (secondary N) is 1. The van der Waals surface area contributed by atoms with E-state index >= 15 is 0 Å². The molecule has 0 saturated carbocycles. The zero-order valence-electron chi connectivity index (χ0n) is 13.4. The minimum atomic E-state index is -0.731. The van der Waals surface area contributed by atoms with Crippen LogP contribution >= 0.6 is 0 Å². The molecule has 118 valence electrons. The third kappa shape index (κ3) is 5.65. The van der Waals surface area contributed by atoms with E-state index in [4.69, 9.17) is 5.11 Å². The maximum atomic E-state index is 10.8. The van der Waals surface area contributed by atoms with Crippen molar-refractivity contribution < 1.29 is 9.90 Å². The first kappa shape index (κ1) is 17.3. The predicted molar refractivity (Wildman–Crippen MR) is 82.3 cm³/mol. The molecule has 1 aromatic rings. The normalized spacial score (nSPS) is 13.7. The Morgan fingerprint density at radius 3 is 2.38 bits per heavy atom. The smallest absolute Gasteiger partial charge is 0.306 e. The van der Waals surface area contributed by atoms with E-state index in [-0.39, 0.29) is 12.0 Å². The van der Waals surface area contributed by atoms with Crippen LogP contribution in [0.5, 0.6) is 0 Å². The molecule has 2 N–H and O–H groups in total. The largest absolute Gasteiger partial charge is 0.481 e. The minimum Gasteiger partial charge on any atom is -0.481 e. The van der Waals surface area contributed by atoms with Crippen molar-refractivity contribution >= 4 is 11.9 Å². The second-order valence-corrected chi connectivity index (χ2v) is 5.45. The highest BCUT2D eigenvalue weighted by Crippen LogP contribution is 2.12. The first-order chi connectivity index (χ1) is 9.97. The molecule has 1 heterocycles. The van der Waals surface area contributed by atoms with Crippen molar-refractivity contribution in [2.24, 2.45) is 5.92 Å². The van der Waals surface area contributed by atoms with Crippen LogP contribution in [0.2, 0.25) is 0 Å². The molecular formula is C15H26N4O2. The molecule has 1 aromatic heterocycles. The second-order valence-electron chi connectivity index (χ2n) is 5.45. The Kier molecular flexibility index (Phi) is 7.05. The van der Waals surface area contributed by atoms with E-state index in [0.717, 1.165) is 37.1 Å². The number of carboxylic acid groups (broad SMARTS) is 1. The van der Waals surface area contributed by atoms with Gasteiger partial charge in [0.2, 0.25) is 5.95 Å². The molecule has 2 unspecified atom stereocenters. The van der Waals surface area contributed by atoms with Crippen molar-refractivity contribution in [1.29, 1.82) is 0 Å². The Morgan fingerprint density at radius 2 is 1.81 bits per heavy atom. The first-order valence-electron chi connectivity index (χ1n) is 7.69. The number of aromatic nitrogens is 3. The summed E-state index contributed by atoms with van der Waals surface area (Å²) >= 11 is 0. The molecule has 0 aliphatic carbocycles. The molecule has 1 rings (SSSR count). The summed E-state index contributed by atoms with van der Waals surface area (Å²) in [5, 5.41) is 20.4. The van der Waals surface area contributed by atoms with Gasteiger partial charge in [0.05, 0.1) is 17.3 Å². The fraction of sp³-hybridized carbons (Fsp3) is 0.733. The predicted octanol–water partition coefficient (Wildman–Crippen LogP) is 2.69. The summed E-state index contributed by atoms with van der Waals surface area (Å²) in [5.74, 6) is -0.459. The third-order valence-corrected chi connectivity index (χ3v) is 3.58. The van der Waals surface area contributed by atoms with Gasteiger partial charge in [-0.1, -0.05) is 27.2 Å². The molecule has 0 aromatic carbocycles. The summed E-state index contributed by atoms with van der Waals surface area (Å²) in [7, 11) is 0. The number of anilines is 1. The van der Waals surface area contributed by atoms with Crippen LogP contribution in [0.3, 0.4) is 0 Å². The highest BCUT2D eigenvalue weighted by molar-refractivity contribution is 5.69. The van der Waals surface area contributed by atoms with Gasteiger partial charge < -0.3 is 10.4 Å². The van der Waals surface area contributed by atoms with Gasteiger partial charge in [0.15, 0.2) is 0 Å². The molecule has 6 heteroatoms. The average Bonchev–Trinajstić information content (AvgIpc) is 2.46. The second kappa shape index (κ2) is 8.54. The molecule has 0 aliphatic rings. The van der Waals surface area contributed by atoms with Gasteiger partial charge in [0.1, 0.15) is 0 Å². The minimum absolute atomic E-state index is 0.199. The van der Waals surface area contributed by atoms with E-state index in [0.29, 0.717) is 12.4 Å². The summed E-state index contributed by atoms with van der Waals surface area (Å²) in [6.07, 6.45) is 4.13. The van der Waals surface area contributed by atoms with Crippen molar-refractivity contribution in [2.75, 3.05) is 5.32 Å². The van der Waals surface area contributed by atoms with Gasteiger partial charge in [-0.05, 0) is 32.6 Å². The molecule has 21 heavy (non-hydrogen) atoms. The van der Waals surface area contributed by atoms with Gasteiger partial charge in [0.25, 0.3) is 0 Å². The van der Waals surface area contributed by atoms with E-state index < -0.39 is 5.97 Å². The molecule has 2 atom stereocenters. The number of carbonyl (C=O) groups is 1. The zero-order valence-corrected chi connectivity index (χ0v) is 13.4. The number of aliphatic carboxylic acids is 1. The number of carboxylic acids is 1. The summed E-state index contributed by atoms with van der Waals surface area (Å²) in [6, 6.07) is 0.199. The van der Waals surface area contributed by atoms with Crippen LogP contribution in [-0.4, -0.2) is 32.3 Å². The highest BCUT2D eigenvalue weighted by atomic mass is 16.4. The molecule has 0 radical (unpaired) electrons. The van der Waals surface area contributed by atoms with Crippen molar-refractivity contribution in [3.05, 3.63) is 11.4 Å². The Balaban J connectivity index is 2.47. The molecule has 0 amide bonds. The first-order valence-corrected chi connectivity index (χ1v) is 7.69. The lowest BCUT2D eigenvalue weighted by Gasteiger charge is -2.15. The lowest BCUT2D eigenvalue weighted by atomic mass is 10.0. The Bertz CT molecular complexity index is 465. The van der Waals surface area contributed by atoms with Gasteiger partial charge in [-0.3, -0.25) is 4.79 Å². The Labute approximate surface area is 126 Å². The van der Waals surface area contributed by atoms with E-state index in [9.17, 15) is 4.79 Å². The third-order valence-electron chi connectivity index (χ3n) is 3.58. The SMILES string of the molecule is CCc1nnc(NC(C)CCCC(C)C(=O)O)nc1CC. The monoisotopic (exact) mass is 294 g/mol. The van der Waals surface area contributed by atoms with Crippen molar-refractivity contribution in [3.63, 3.8) is 0 Å². The molecule has 0 bridgehead atoms. The Hall–Kier alpha value is -1.72. The van der Waals surface area contributed by atoms with E-state index in [1.165, 1.54) is 0 Å². The quantitative estimate of drug-likeness (QED) is 0.728. The van der Waals surface area contributed by atoms with E-state index in [1.807, 2.05) is 13.8 Å². The maximum Gasteiger partial charge on any atom is 0.306 e. The lowest BCUT2D eigenvalue weighted by Crippen LogP contribution is -2.19. The van der Waals surface area contributed by atoms with Crippen LogP contribution < -0.4 is 5.32 Å². The molecule has 0 aliphatic heterocycles. The molecule has 0 spiro atoms. The summed E-state index contributed by atoms with van der Waals surface area (Å²) < 4.78 is 0. The van der Waals surface area contributed by atoms with Gasteiger partial charge >= 0.3 is 5.97 Å². The van der Waals surface area contributed by atoms with Crippen molar-refractivity contribution in [3.8, 4) is 0 Å². The van der Waals surface area contributed by atoms with E-state index in [1.54, 1.807) is 6.92 Å². The number of hydrogen-bond acceptors (Lipinski definition) is 5. The van der Waals surface area contributed by atoms with Crippen LogP contribution in [-0.2, 0) is 17.6 Å². The van der Waals surface area contributed by atoms with Crippen molar-refractivity contribution in [2.45, 2.75) is 65.8 Å². The highest BCUT2D eigenvalue weighted by Gasteiger charge is 2.12. The molecule has 6 nitrogen and oxygen atoms in total. The van der Waals surface area contributed by atoms with Crippen molar-refractivity contribution in [1.82, 2.24) is 15.2 Å². The summed E-state index contributed by atoms with van der Waals surface area (Å²) in [5.41, 5.74) is 1.94. The fourth-order valence-electron chi connectivity index (χ4n) is 2.15. The van der Waals surface area contributed by atoms with E-state index in [2.05, 4.69) is 27.4 Å². The van der Waals surface area contributed by atoms with Crippen LogP contribution in [0.4, 0.5) is 5.95 Å². The number of aryl methyl sites for hydroxylation is 2. The molecular weight excluding hydrogens is 268 g/mol. The van der Waals surface area contributed by atoms with Crippen LogP contribution in [0.15, 0.2) is 0 Å². The zero-order chi connectivity index (χ0) is 15.8. The molecule has 0 fully saturated rings. The standard InChI is InChI=1S/C15H26N4O2/c1-5-12-13(6-2)18-19-15(17-12)16-11(4)9-7-8-10(3)14(20)21/h10-11H,5-9H2,1-4H3,(H,20,21)(H,16,17,19). The van der Waals surface area contributed by atoms with Crippen LogP contribution in [0.25, 0.3) is 0 Å². The van der Waals surface area contributed by atoms with Gasteiger partial charge in [0, 0.05) is 6.04 Å². The molecule has 0 saturated heterocycles. The topological polar surface area (TPSA) is 88.0 Å². The Morgan fingerprint density at radius 1 is 1.14 bits per heavy atom. The maximum absolute atomic E-state index is 10.8.